The predicted molar refractivity (Wildman–Crippen MR) is 78.3 cm³/mol. The highest BCUT2D eigenvalue weighted by Gasteiger charge is 2.23. The van der Waals surface area contributed by atoms with E-state index in [9.17, 15) is 10.1 Å². The van der Waals surface area contributed by atoms with Gasteiger partial charge in [0, 0.05) is 11.1 Å². The van der Waals surface area contributed by atoms with Crippen LogP contribution in [0.5, 0.6) is 0 Å². The molecule has 1 aliphatic carbocycles. The number of rotatable bonds is 2. The Balaban J connectivity index is 1.91. The van der Waals surface area contributed by atoms with E-state index in [0.717, 1.165) is 24.8 Å². The molecule has 0 spiro atoms. The lowest BCUT2D eigenvalue weighted by molar-refractivity contribution is 0.102. The Bertz CT molecular complexity index is 733. The molecule has 3 rings (SSSR count). The Kier molecular flexibility index (Phi) is 3.43. The second-order valence-corrected chi connectivity index (χ2v) is 5.93. The maximum Gasteiger partial charge on any atom is 0.259 e. The fourth-order valence-electron chi connectivity index (χ4n) is 2.34. The van der Waals surface area contributed by atoms with Crippen LogP contribution < -0.4 is 5.32 Å². The van der Waals surface area contributed by atoms with Crippen molar-refractivity contribution in [3.05, 3.63) is 45.1 Å². The number of hydrogen-bond acceptors (Lipinski definition) is 4. The summed E-state index contributed by atoms with van der Waals surface area (Å²) in [6, 6.07) is 5.46. The minimum Gasteiger partial charge on any atom is -0.312 e. The standard InChI is InChI=1S/C14H10ClN3OS/c15-12-9(4-2-6-17-12)13(19)18-14-10(7-16)8-3-1-5-11(8)20-14/h2,4,6H,1,3,5H2,(H,18,19). The highest BCUT2D eigenvalue weighted by Crippen LogP contribution is 2.38. The Morgan fingerprint density at radius 3 is 3.10 bits per heavy atom. The molecule has 6 heteroatoms. The van der Waals surface area contributed by atoms with E-state index in [2.05, 4.69) is 16.4 Å². The van der Waals surface area contributed by atoms with Crippen LogP contribution in [0.15, 0.2) is 18.3 Å². The zero-order chi connectivity index (χ0) is 14.1. The molecule has 0 fully saturated rings. The molecule has 1 N–H and O–H groups in total. The van der Waals surface area contributed by atoms with Gasteiger partial charge in [0.2, 0.25) is 0 Å². The largest absolute Gasteiger partial charge is 0.312 e. The second-order valence-electron chi connectivity index (χ2n) is 4.47. The first-order valence-corrected chi connectivity index (χ1v) is 7.36. The number of thiophene rings is 1. The molecule has 0 unspecified atom stereocenters. The summed E-state index contributed by atoms with van der Waals surface area (Å²) in [7, 11) is 0. The van der Waals surface area contributed by atoms with Gasteiger partial charge >= 0.3 is 0 Å². The number of nitriles is 1. The van der Waals surface area contributed by atoms with Crippen LogP contribution in [0.2, 0.25) is 5.15 Å². The lowest BCUT2D eigenvalue weighted by Crippen LogP contribution is -2.12. The predicted octanol–water partition coefficient (Wildman–Crippen LogP) is 3.41. The second kappa shape index (κ2) is 5.23. The molecule has 100 valence electrons. The van der Waals surface area contributed by atoms with E-state index < -0.39 is 0 Å². The van der Waals surface area contributed by atoms with Crippen LogP contribution >= 0.6 is 22.9 Å². The third kappa shape index (κ3) is 2.17. The average Bonchev–Trinajstić information content (AvgIpc) is 2.99. The maximum atomic E-state index is 12.2. The monoisotopic (exact) mass is 303 g/mol. The summed E-state index contributed by atoms with van der Waals surface area (Å²) in [6.07, 6.45) is 4.51. The molecule has 0 saturated carbocycles. The normalized spacial score (nSPS) is 12.8. The summed E-state index contributed by atoms with van der Waals surface area (Å²) in [5.41, 5.74) is 1.99. The Morgan fingerprint density at radius 1 is 1.50 bits per heavy atom. The van der Waals surface area contributed by atoms with E-state index in [1.165, 1.54) is 22.4 Å². The van der Waals surface area contributed by atoms with Crippen molar-refractivity contribution < 1.29 is 4.79 Å². The molecule has 1 amide bonds. The van der Waals surface area contributed by atoms with Crippen molar-refractivity contribution in [3.8, 4) is 6.07 Å². The molecule has 0 aliphatic heterocycles. The summed E-state index contributed by atoms with van der Waals surface area (Å²) in [4.78, 5) is 17.3. The molecule has 2 aromatic rings. The number of carbonyl (C=O) groups is 1. The molecule has 0 atom stereocenters. The molecule has 2 heterocycles. The minimum atomic E-state index is -0.334. The van der Waals surface area contributed by atoms with E-state index in [0.29, 0.717) is 16.1 Å². The molecule has 0 aromatic carbocycles. The molecule has 1 aliphatic rings. The van der Waals surface area contributed by atoms with E-state index in [4.69, 9.17) is 11.6 Å². The highest BCUT2D eigenvalue weighted by molar-refractivity contribution is 7.16. The maximum absolute atomic E-state index is 12.2. The number of aromatic nitrogens is 1. The van der Waals surface area contributed by atoms with Crippen molar-refractivity contribution in [2.45, 2.75) is 19.3 Å². The highest BCUT2D eigenvalue weighted by atomic mass is 35.5. The van der Waals surface area contributed by atoms with Crippen LogP contribution in [0.1, 0.15) is 32.8 Å². The van der Waals surface area contributed by atoms with Crippen molar-refractivity contribution >= 4 is 33.8 Å². The quantitative estimate of drug-likeness (QED) is 0.865. The molecular formula is C14H10ClN3OS. The first kappa shape index (κ1) is 13.1. The van der Waals surface area contributed by atoms with Crippen LogP contribution in [0, 0.1) is 11.3 Å². The average molecular weight is 304 g/mol. The van der Waals surface area contributed by atoms with Crippen molar-refractivity contribution in [1.29, 1.82) is 5.26 Å². The van der Waals surface area contributed by atoms with Crippen LogP contribution in [0.3, 0.4) is 0 Å². The molecule has 4 nitrogen and oxygen atoms in total. The summed E-state index contributed by atoms with van der Waals surface area (Å²) in [5.74, 6) is -0.334. The lowest BCUT2D eigenvalue weighted by atomic mass is 10.1. The number of carbonyl (C=O) groups excluding carboxylic acids is 1. The van der Waals surface area contributed by atoms with Crippen LogP contribution in [-0.2, 0) is 12.8 Å². The number of hydrogen-bond donors (Lipinski definition) is 1. The van der Waals surface area contributed by atoms with Gasteiger partial charge in [-0.2, -0.15) is 5.26 Å². The lowest BCUT2D eigenvalue weighted by Gasteiger charge is -2.05. The summed E-state index contributed by atoms with van der Waals surface area (Å²) >= 11 is 7.38. The van der Waals surface area contributed by atoms with Crippen LogP contribution in [0.25, 0.3) is 0 Å². The van der Waals surface area contributed by atoms with E-state index in [1.54, 1.807) is 12.1 Å². The summed E-state index contributed by atoms with van der Waals surface area (Å²) < 4.78 is 0. The third-order valence-corrected chi connectivity index (χ3v) is 4.77. The van der Waals surface area contributed by atoms with Gasteiger partial charge in [0.25, 0.3) is 5.91 Å². The molecule has 0 radical (unpaired) electrons. The number of aryl methyl sites for hydroxylation is 1. The van der Waals surface area contributed by atoms with Crippen molar-refractivity contribution in [3.63, 3.8) is 0 Å². The Hall–Kier alpha value is -1.90. The third-order valence-electron chi connectivity index (χ3n) is 3.26. The van der Waals surface area contributed by atoms with Gasteiger partial charge in [0.1, 0.15) is 16.2 Å². The van der Waals surface area contributed by atoms with Crippen LogP contribution in [0.4, 0.5) is 5.00 Å². The first-order valence-electron chi connectivity index (χ1n) is 6.17. The van der Waals surface area contributed by atoms with Gasteiger partial charge < -0.3 is 5.32 Å². The molecule has 0 bridgehead atoms. The Morgan fingerprint density at radius 2 is 2.35 bits per heavy atom. The van der Waals surface area contributed by atoms with E-state index >= 15 is 0 Å². The van der Waals surface area contributed by atoms with E-state index in [1.807, 2.05) is 0 Å². The van der Waals surface area contributed by atoms with Crippen LogP contribution in [-0.4, -0.2) is 10.9 Å². The number of nitrogens with zero attached hydrogens (tertiary/aromatic N) is 2. The number of fused-ring (bicyclic) bond motifs is 1. The number of halogens is 1. The van der Waals surface area contributed by atoms with E-state index in [-0.39, 0.29) is 11.1 Å². The van der Waals surface area contributed by atoms with Gasteiger partial charge in [0.05, 0.1) is 11.1 Å². The van der Waals surface area contributed by atoms with Gasteiger partial charge in [-0.3, -0.25) is 4.79 Å². The summed E-state index contributed by atoms with van der Waals surface area (Å²) in [5, 5.41) is 12.8. The number of amides is 1. The minimum absolute atomic E-state index is 0.160. The van der Waals surface area contributed by atoms with Gasteiger partial charge in [-0.05, 0) is 37.0 Å². The summed E-state index contributed by atoms with van der Waals surface area (Å²) in [6.45, 7) is 0. The SMILES string of the molecule is N#Cc1c(NC(=O)c2cccnc2Cl)sc2c1CCC2. The van der Waals surface area contributed by atoms with Crippen molar-refractivity contribution in [2.24, 2.45) is 0 Å². The number of anilines is 1. The first-order chi connectivity index (χ1) is 9.70. The number of pyridine rings is 1. The van der Waals surface area contributed by atoms with Gasteiger partial charge in [0.15, 0.2) is 0 Å². The fourth-order valence-corrected chi connectivity index (χ4v) is 3.78. The fraction of sp³-hybridized carbons (Fsp3) is 0.214. The molecule has 20 heavy (non-hydrogen) atoms. The van der Waals surface area contributed by atoms with Gasteiger partial charge in [-0.25, -0.2) is 4.98 Å². The van der Waals surface area contributed by atoms with Crippen molar-refractivity contribution in [1.82, 2.24) is 4.98 Å². The molecule has 0 saturated heterocycles. The zero-order valence-corrected chi connectivity index (χ0v) is 12.0. The topological polar surface area (TPSA) is 65.8 Å². The zero-order valence-electron chi connectivity index (χ0n) is 10.4. The molecule has 2 aromatic heterocycles. The van der Waals surface area contributed by atoms with Crippen molar-refractivity contribution in [2.75, 3.05) is 5.32 Å². The smallest absolute Gasteiger partial charge is 0.259 e. The van der Waals surface area contributed by atoms with Gasteiger partial charge in [-0.15, -0.1) is 11.3 Å². The Labute approximate surface area is 125 Å². The number of nitrogens with one attached hydrogen (secondary N) is 1. The molecular weight excluding hydrogens is 294 g/mol. The van der Waals surface area contributed by atoms with Gasteiger partial charge in [-0.1, -0.05) is 11.6 Å².